The van der Waals surface area contributed by atoms with Crippen molar-refractivity contribution in [1.29, 1.82) is 0 Å². The van der Waals surface area contributed by atoms with Gasteiger partial charge in [0.1, 0.15) is 19.3 Å². The van der Waals surface area contributed by atoms with Crippen LogP contribution in [0.2, 0.25) is 0 Å². The summed E-state index contributed by atoms with van der Waals surface area (Å²) in [5.74, 6) is 0.804. The third-order valence-corrected chi connectivity index (χ3v) is 18.1. The van der Waals surface area contributed by atoms with Crippen molar-refractivity contribution in [3.63, 3.8) is 0 Å². The fourth-order valence-electron chi connectivity index (χ4n) is 10.3. The molecular formula is C69H134O17P2. The zero-order chi connectivity index (χ0) is 65.4. The van der Waals surface area contributed by atoms with Crippen LogP contribution < -0.4 is 0 Å². The molecule has 0 aliphatic heterocycles. The summed E-state index contributed by atoms with van der Waals surface area (Å²) in [5.41, 5.74) is 0. The zero-order valence-corrected chi connectivity index (χ0v) is 59.1. The van der Waals surface area contributed by atoms with Gasteiger partial charge in [-0.2, -0.15) is 0 Å². The van der Waals surface area contributed by atoms with Gasteiger partial charge >= 0.3 is 39.5 Å². The van der Waals surface area contributed by atoms with Gasteiger partial charge < -0.3 is 33.8 Å². The highest BCUT2D eigenvalue weighted by Crippen LogP contribution is 2.45. The molecule has 0 radical (unpaired) electrons. The van der Waals surface area contributed by atoms with Crippen molar-refractivity contribution in [3.05, 3.63) is 0 Å². The van der Waals surface area contributed by atoms with Gasteiger partial charge in [-0.05, 0) is 49.4 Å². The second-order valence-corrected chi connectivity index (χ2v) is 29.5. The normalized spacial score (nSPS) is 14.6. The molecule has 0 rings (SSSR count). The van der Waals surface area contributed by atoms with E-state index in [0.717, 1.165) is 102 Å². The molecule has 0 spiro atoms. The monoisotopic (exact) mass is 1300 g/mol. The lowest BCUT2D eigenvalue weighted by atomic mass is 9.99. The summed E-state index contributed by atoms with van der Waals surface area (Å²) in [5, 5.41) is 10.6. The Kier molecular flexibility index (Phi) is 57.6. The standard InChI is InChI=1S/C69H134O17P2/c1-9-62(8)48-40-32-23-16-14-12-10-11-13-15-17-24-33-41-49-66(71)79-56-65(86-69(74)52-44-36-28-27-31-39-47-61(6)7)58-84-88(77,78)82-54-63(70)53-81-87(75,76)83-57-64(85-68(73)51-43-35-26-20-22-30-38-46-60(4)5)55-80-67(72)50-42-34-25-19-18-21-29-37-45-59(2)3/h59-65,70H,9-58H2,1-8H3,(H,75,76)(H,77,78)/t62?,63?,64-,65-/m1/s1. The summed E-state index contributed by atoms with van der Waals surface area (Å²) in [7, 11) is -9.90. The molecule has 0 aliphatic rings. The Morgan fingerprint density at radius 3 is 0.807 bits per heavy atom. The predicted molar refractivity (Wildman–Crippen MR) is 354 cm³/mol. The van der Waals surface area contributed by atoms with Crippen LogP contribution in [0, 0.1) is 23.7 Å². The van der Waals surface area contributed by atoms with Crippen molar-refractivity contribution in [2.75, 3.05) is 39.6 Å². The van der Waals surface area contributed by atoms with E-state index >= 15 is 0 Å². The number of hydrogen-bond acceptors (Lipinski definition) is 15. The summed E-state index contributed by atoms with van der Waals surface area (Å²) in [6.07, 6.45) is 40.6. The maximum absolute atomic E-state index is 13.0. The molecule has 17 nitrogen and oxygen atoms in total. The molecule has 0 aromatic rings. The fourth-order valence-corrected chi connectivity index (χ4v) is 11.9. The van der Waals surface area contributed by atoms with Crippen LogP contribution in [0.1, 0.15) is 338 Å². The molecule has 0 amide bonds. The van der Waals surface area contributed by atoms with Crippen LogP contribution in [0.3, 0.4) is 0 Å². The van der Waals surface area contributed by atoms with Gasteiger partial charge in [-0.25, -0.2) is 9.13 Å². The van der Waals surface area contributed by atoms with Crippen LogP contribution in [0.5, 0.6) is 0 Å². The maximum Gasteiger partial charge on any atom is 0.472 e. The lowest BCUT2D eigenvalue weighted by Crippen LogP contribution is -2.30. The lowest BCUT2D eigenvalue weighted by Gasteiger charge is -2.21. The van der Waals surface area contributed by atoms with Gasteiger partial charge in [0.2, 0.25) is 0 Å². The SMILES string of the molecule is CCC(C)CCCCCCCCCCCCCCCCC(=O)OC[C@H](COP(=O)(O)OCC(O)COP(=O)(O)OC[C@@H](COC(=O)CCCCCCCCCCC(C)C)OC(=O)CCCCCCCCCC(C)C)OC(=O)CCCCCCCCC(C)C. The van der Waals surface area contributed by atoms with Crippen molar-refractivity contribution in [2.24, 2.45) is 23.7 Å². The van der Waals surface area contributed by atoms with Crippen LogP contribution in [0.4, 0.5) is 0 Å². The number of hydrogen-bond donors (Lipinski definition) is 3. The fraction of sp³-hybridized carbons (Fsp3) is 0.942. The van der Waals surface area contributed by atoms with E-state index in [9.17, 15) is 43.2 Å². The first kappa shape index (κ1) is 86.1. The van der Waals surface area contributed by atoms with Crippen LogP contribution in [-0.2, 0) is 65.4 Å². The number of unbranched alkanes of at least 4 members (excludes halogenated alkanes) is 31. The smallest absolute Gasteiger partial charge is 0.462 e. The van der Waals surface area contributed by atoms with E-state index in [1.807, 2.05) is 0 Å². The summed E-state index contributed by atoms with van der Waals surface area (Å²) in [6, 6.07) is 0. The third kappa shape index (κ3) is 61.6. The highest BCUT2D eigenvalue weighted by Gasteiger charge is 2.30. The van der Waals surface area contributed by atoms with Gasteiger partial charge in [-0.3, -0.25) is 37.3 Å². The van der Waals surface area contributed by atoms with Gasteiger partial charge in [-0.15, -0.1) is 0 Å². The van der Waals surface area contributed by atoms with Gasteiger partial charge in [0, 0.05) is 25.7 Å². The molecule has 19 heteroatoms. The average molecular weight is 1300 g/mol. The average Bonchev–Trinajstić information content (AvgIpc) is 3.50. The van der Waals surface area contributed by atoms with E-state index in [2.05, 4.69) is 55.4 Å². The summed E-state index contributed by atoms with van der Waals surface area (Å²) >= 11 is 0. The van der Waals surface area contributed by atoms with E-state index in [-0.39, 0.29) is 25.7 Å². The molecule has 0 aliphatic carbocycles. The van der Waals surface area contributed by atoms with Crippen LogP contribution in [0.15, 0.2) is 0 Å². The third-order valence-electron chi connectivity index (χ3n) is 16.2. The Labute approximate surface area is 537 Å². The minimum Gasteiger partial charge on any atom is -0.462 e. The molecule has 0 bridgehead atoms. The van der Waals surface area contributed by atoms with E-state index in [0.29, 0.717) is 37.5 Å². The van der Waals surface area contributed by atoms with E-state index in [4.69, 9.17) is 37.0 Å². The van der Waals surface area contributed by atoms with Crippen molar-refractivity contribution in [1.82, 2.24) is 0 Å². The van der Waals surface area contributed by atoms with Crippen molar-refractivity contribution in [3.8, 4) is 0 Å². The first-order valence-corrected chi connectivity index (χ1v) is 38.7. The Hall–Kier alpha value is -1.94. The van der Waals surface area contributed by atoms with Gasteiger partial charge in [-0.1, -0.05) is 287 Å². The molecule has 0 fully saturated rings. The van der Waals surface area contributed by atoms with Gasteiger partial charge in [0.05, 0.1) is 26.4 Å². The first-order valence-electron chi connectivity index (χ1n) is 35.7. The quantitative estimate of drug-likeness (QED) is 0.0222. The zero-order valence-electron chi connectivity index (χ0n) is 57.3. The number of rotatable bonds is 66. The van der Waals surface area contributed by atoms with Crippen LogP contribution in [0.25, 0.3) is 0 Å². The molecular weight excluding hydrogens is 1160 g/mol. The number of aliphatic hydroxyl groups is 1. The Morgan fingerprint density at radius 2 is 0.545 bits per heavy atom. The number of phosphoric ester groups is 2. The van der Waals surface area contributed by atoms with E-state index < -0.39 is 97.5 Å². The molecule has 4 unspecified atom stereocenters. The first-order chi connectivity index (χ1) is 42.1. The highest BCUT2D eigenvalue weighted by molar-refractivity contribution is 7.47. The van der Waals surface area contributed by atoms with E-state index in [1.54, 1.807) is 0 Å². The number of carbonyl (C=O) groups is 4. The molecule has 0 aromatic carbocycles. The number of phosphoric acid groups is 2. The predicted octanol–water partition coefficient (Wildman–Crippen LogP) is 19.3. The van der Waals surface area contributed by atoms with Gasteiger partial charge in [0.25, 0.3) is 0 Å². The molecule has 522 valence electrons. The topological polar surface area (TPSA) is 237 Å². The number of esters is 4. The lowest BCUT2D eigenvalue weighted by molar-refractivity contribution is -0.161. The second-order valence-electron chi connectivity index (χ2n) is 26.6. The maximum atomic E-state index is 13.0. The molecule has 0 aromatic heterocycles. The molecule has 0 heterocycles. The molecule has 3 N–H and O–H groups in total. The van der Waals surface area contributed by atoms with Crippen molar-refractivity contribution in [2.45, 2.75) is 356 Å². The highest BCUT2D eigenvalue weighted by atomic mass is 31.2. The summed E-state index contributed by atoms with van der Waals surface area (Å²) in [4.78, 5) is 72.4. The molecule has 0 saturated carbocycles. The van der Waals surface area contributed by atoms with Crippen molar-refractivity contribution < 1.29 is 80.2 Å². The van der Waals surface area contributed by atoms with Gasteiger partial charge in [0.15, 0.2) is 12.2 Å². The molecule has 0 saturated heterocycles. The Balaban J connectivity index is 5.17. The minimum atomic E-state index is -4.95. The number of ether oxygens (including phenoxy) is 4. The molecule has 88 heavy (non-hydrogen) atoms. The van der Waals surface area contributed by atoms with Crippen molar-refractivity contribution >= 4 is 39.5 Å². The Bertz CT molecular complexity index is 1750. The number of aliphatic hydroxyl groups excluding tert-OH is 1. The summed E-state index contributed by atoms with van der Waals surface area (Å²) in [6.45, 7) is 14.0. The van der Waals surface area contributed by atoms with Crippen LogP contribution >= 0.6 is 15.6 Å². The Morgan fingerprint density at radius 1 is 0.318 bits per heavy atom. The second kappa shape index (κ2) is 58.8. The minimum absolute atomic E-state index is 0.102. The van der Waals surface area contributed by atoms with E-state index in [1.165, 1.54) is 141 Å². The molecule has 6 atom stereocenters. The summed E-state index contributed by atoms with van der Waals surface area (Å²) < 4.78 is 68.1. The van der Waals surface area contributed by atoms with Crippen LogP contribution in [-0.4, -0.2) is 96.7 Å². The largest absolute Gasteiger partial charge is 0.472 e. The number of carbonyl (C=O) groups excluding carboxylic acids is 4.